The van der Waals surface area contributed by atoms with E-state index < -0.39 is 0 Å². The number of hydrogen-bond donors (Lipinski definition) is 2. The molecular weight excluding hydrogens is 420 g/mol. The summed E-state index contributed by atoms with van der Waals surface area (Å²) in [6.07, 6.45) is 2.66. The third kappa shape index (κ3) is 4.78. The first kappa shape index (κ1) is 22.6. The summed E-state index contributed by atoms with van der Waals surface area (Å²) in [5.41, 5.74) is 3.55. The number of ether oxygens (including phenoxy) is 1. The first-order chi connectivity index (χ1) is 15.9. The third-order valence-electron chi connectivity index (χ3n) is 5.63. The van der Waals surface area contributed by atoms with Gasteiger partial charge in [-0.15, -0.1) is 0 Å². The molecule has 1 aliphatic rings. The van der Waals surface area contributed by atoms with Crippen LogP contribution >= 0.6 is 0 Å². The lowest BCUT2D eigenvalue weighted by Crippen LogP contribution is -2.33. The van der Waals surface area contributed by atoms with E-state index in [0.29, 0.717) is 22.7 Å². The van der Waals surface area contributed by atoms with Crippen molar-refractivity contribution in [1.82, 2.24) is 14.3 Å². The van der Waals surface area contributed by atoms with Crippen LogP contribution in [-0.2, 0) is 11.2 Å². The number of nitrogens with one attached hydrogen (secondary N) is 2. The summed E-state index contributed by atoms with van der Waals surface area (Å²) in [6, 6.07) is 8.83. The fourth-order valence-corrected chi connectivity index (χ4v) is 3.88. The number of fused-ring (bicyclic) bond motifs is 2. The molecule has 0 saturated heterocycles. The van der Waals surface area contributed by atoms with Crippen LogP contribution in [0.3, 0.4) is 0 Å². The Bertz CT molecular complexity index is 1190. The van der Waals surface area contributed by atoms with Crippen molar-refractivity contribution in [3.63, 3.8) is 0 Å². The molecule has 0 spiro atoms. The van der Waals surface area contributed by atoms with Crippen molar-refractivity contribution in [2.24, 2.45) is 0 Å². The van der Waals surface area contributed by atoms with E-state index in [9.17, 15) is 9.59 Å². The van der Waals surface area contributed by atoms with Crippen LogP contribution in [0.1, 0.15) is 29.9 Å². The largest absolute Gasteiger partial charge is 0.482 e. The van der Waals surface area contributed by atoms with Gasteiger partial charge in [-0.25, -0.2) is 4.98 Å². The molecule has 0 fully saturated rings. The summed E-state index contributed by atoms with van der Waals surface area (Å²) in [7, 11) is 4.12. The molecule has 0 saturated carbocycles. The van der Waals surface area contributed by atoms with Crippen LogP contribution in [0.15, 0.2) is 36.5 Å². The first-order valence-electron chi connectivity index (χ1n) is 11.2. The minimum Gasteiger partial charge on any atom is -0.482 e. The molecule has 33 heavy (non-hydrogen) atoms. The van der Waals surface area contributed by atoms with Crippen LogP contribution < -0.4 is 20.3 Å². The highest BCUT2D eigenvalue weighted by atomic mass is 16.5. The van der Waals surface area contributed by atoms with Gasteiger partial charge in [0, 0.05) is 37.6 Å². The minimum absolute atomic E-state index is 0.0357. The van der Waals surface area contributed by atoms with Crippen LogP contribution in [-0.4, -0.2) is 66.4 Å². The summed E-state index contributed by atoms with van der Waals surface area (Å²) >= 11 is 0. The average molecular weight is 451 g/mol. The number of carbonyl (C=O) groups is 2. The lowest BCUT2D eigenvalue weighted by Gasteiger charge is -2.25. The molecular formula is C24H30N6O3. The topological polar surface area (TPSA) is 91.2 Å². The Balaban J connectivity index is 1.61. The van der Waals surface area contributed by atoms with Gasteiger partial charge in [0.1, 0.15) is 17.2 Å². The molecule has 1 aliphatic heterocycles. The van der Waals surface area contributed by atoms with Crippen LogP contribution in [0.5, 0.6) is 5.75 Å². The summed E-state index contributed by atoms with van der Waals surface area (Å²) in [6.45, 7) is 6.82. The molecule has 174 valence electrons. The van der Waals surface area contributed by atoms with Gasteiger partial charge in [-0.3, -0.25) is 14.0 Å². The molecule has 9 nitrogen and oxygen atoms in total. The highest BCUT2D eigenvalue weighted by molar-refractivity contribution is 6.05. The molecule has 9 heteroatoms. The Hall–Kier alpha value is -3.59. The van der Waals surface area contributed by atoms with Gasteiger partial charge < -0.3 is 25.2 Å². The zero-order valence-electron chi connectivity index (χ0n) is 19.5. The second kappa shape index (κ2) is 9.50. The molecule has 2 N–H and O–H groups in total. The second-order valence-electron chi connectivity index (χ2n) is 8.27. The molecule has 0 unspecified atom stereocenters. The molecule has 1 aromatic carbocycles. The number of imidazole rings is 1. The number of nitrogens with zero attached hydrogens (tertiary/aromatic N) is 4. The maximum Gasteiger partial charge on any atom is 0.262 e. The van der Waals surface area contributed by atoms with Gasteiger partial charge in [-0.1, -0.05) is 6.92 Å². The molecule has 0 radical (unpaired) electrons. The Labute approximate surface area is 193 Å². The Morgan fingerprint density at radius 3 is 2.76 bits per heavy atom. The van der Waals surface area contributed by atoms with E-state index in [-0.39, 0.29) is 18.4 Å². The molecule has 3 aromatic rings. The lowest BCUT2D eigenvalue weighted by molar-refractivity contribution is -0.118. The average Bonchev–Trinajstić information content (AvgIpc) is 3.17. The molecule has 2 aromatic heterocycles. The smallest absolute Gasteiger partial charge is 0.262 e. The molecule has 2 amide bonds. The van der Waals surface area contributed by atoms with Crippen molar-refractivity contribution in [3.05, 3.63) is 47.8 Å². The van der Waals surface area contributed by atoms with Gasteiger partial charge in [0.05, 0.1) is 16.9 Å². The number of amides is 2. The zero-order chi connectivity index (χ0) is 23.5. The Kier molecular flexibility index (Phi) is 6.50. The monoisotopic (exact) mass is 450 g/mol. The van der Waals surface area contributed by atoms with Crippen molar-refractivity contribution in [2.45, 2.75) is 20.3 Å². The van der Waals surface area contributed by atoms with Crippen LogP contribution in [0.2, 0.25) is 0 Å². The van der Waals surface area contributed by atoms with Gasteiger partial charge in [0.15, 0.2) is 6.61 Å². The van der Waals surface area contributed by atoms with Crippen molar-refractivity contribution in [1.29, 1.82) is 0 Å². The van der Waals surface area contributed by atoms with Gasteiger partial charge in [0.2, 0.25) is 0 Å². The number of hydrogen-bond acceptors (Lipinski definition) is 6. The standard InChI is InChI=1S/C24H30N6O3/c1-5-18-24(29(6-2)12-11-28(3)4)30-14-16(7-10-21(30)26-18)23(32)25-17-8-9-19-20(13-17)33-15-22(31)27-19/h7-10,13-14H,5-6,11-12,15H2,1-4H3,(H,25,32)(H,27,31). The van der Waals surface area contributed by atoms with E-state index in [2.05, 4.69) is 48.4 Å². The number of rotatable bonds is 8. The number of aryl methyl sites for hydroxylation is 1. The number of aromatic nitrogens is 2. The lowest BCUT2D eigenvalue weighted by atomic mass is 10.2. The first-order valence-corrected chi connectivity index (χ1v) is 11.2. The quantitative estimate of drug-likeness (QED) is 0.548. The SMILES string of the molecule is CCc1nc2ccc(C(=O)Nc3ccc4c(c3)OCC(=O)N4)cn2c1N(CC)CCN(C)C. The van der Waals surface area contributed by atoms with Gasteiger partial charge in [0.25, 0.3) is 11.8 Å². The van der Waals surface area contributed by atoms with E-state index in [4.69, 9.17) is 9.72 Å². The summed E-state index contributed by atoms with van der Waals surface area (Å²) < 4.78 is 7.46. The molecule has 0 atom stereocenters. The molecule has 3 heterocycles. The van der Waals surface area contributed by atoms with Gasteiger partial charge in [-0.05, 0) is 51.7 Å². The number of carbonyl (C=O) groups excluding carboxylic acids is 2. The van der Waals surface area contributed by atoms with Crippen LogP contribution in [0.25, 0.3) is 5.65 Å². The minimum atomic E-state index is -0.231. The second-order valence-corrected chi connectivity index (χ2v) is 8.27. The highest BCUT2D eigenvalue weighted by Gasteiger charge is 2.20. The fourth-order valence-electron chi connectivity index (χ4n) is 3.88. The van der Waals surface area contributed by atoms with Crippen molar-refractivity contribution in [2.75, 3.05) is 55.9 Å². The molecule has 0 aliphatic carbocycles. The Morgan fingerprint density at radius 1 is 1.21 bits per heavy atom. The van der Waals surface area contributed by atoms with Crippen molar-refractivity contribution >= 4 is 34.7 Å². The van der Waals surface area contributed by atoms with E-state index in [1.165, 1.54) is 0 Å². The number of anilines is 3. The van der Waals surface area contributed by atoms with Crippen molar-refractivity contribution in [3.8, 4) is 5.75 Å². The number of pyridine rings is 1. The maximum atomic E-state index is 13.0. The number of benzene rings is 1. The highest BCUT2D eigenvalue weighted by Crippen LogP contribution is 2.31. The van der Waals surface area contributed by atoms with E-state index in [1.807, 2.05) is 16.7 Å². The van der Waals surface area contributed by atoms with E-state index in [0.717, 1.165) is 43.2 Å². The van der Waals surface area contributed by atoms with E-state index in [1.54, 1.807) is 24.3 Å². The zero-order valence-corrected chi connectivity index (χ0v) is 19.5. The molecule has 0 bridgehead atoms. The molecule has 4 rings (SSSR count). The van der Waals surface area contributed by atoms with Crippen molar-refractivity contribution < 1.29 is 14.3 Å². The van der Waals surface area contributed by atoms with Crippen LogP contribution in [0.4, 0.5) is 17.2 Å². The van der Waals surface area contributed by atoms with E-state index >= 15 is 0 Å². The van der Waals surface area contributed by atoms with Crippen LogP contribution in [0, 0.1) is 0 Å². The maximum absolute atomic E-state index is 13.0. The van der Waals surface area contributed by atoms with Gasteiger partial charge >= 0.3 is 0 Å². The van der Waals surface area contributed by atoms with Gasteiger partial charge in [-0.2, -0.15) is 0 Å². The third-order valence-corrected chi connectivity index (χ3v) is 5.63. The Morgan fingerprint density at radius 2 is 2.03 bits per heavy atom. The normalized spacial score (nSPS) is 12.9. The summed E-state index contributed by atoms with van der Waals surface area (Å²) in [5.74, 6) is 1.14. The predicted molar refractivity (Wildman–Crippen MR) is 130 cm³/mol. The summed E-state index contributed by atoms with van der Waals surface area (Å²) in [4.78, 5) is 33.7. The summed E-state index contributed by atoms with van der Waals surface area (Å²) in [5, 5.41) is 5.67. The number of likely N-dealkylation sites (N-methyl/N-ethyl adjacent to an activating group) is 2. The predicted octanol–water partition coefficient (Wildman–Crippen LogP) is 2.87. The fraction of sp³-hybridized carbons (Fsp3) is 0.375.